The molecule has 510 valence electrons. The van der Waals surface area contributed by atoms with Crippen molar-refractivity contribution in [1.29, 1.82) is 0 Å². The van der Waals surface area contributed by atoms with Crippen LogP contribution in [0.15, 0.2) is 122 Å². The number of hydrogen-bond acceptors (Lipinski definition) is 14. The van der Waals surface area contributed by atoms with Crippen LogP contribution in [0.3, 0.4) is 0 Å². The quantitative estimate of drug-likeness (QED) is 0.0146. The van der Waals surface area contributed by atoms with E-state index in [0.29, 0.717) is 19.3 Å². The predicted octanol–water partition coefficient (Wildman–Crippen LogP) is 18.6. The van der Waals surface area contributed by atoms with Crippen LogP contribution in [0.25, 0.3) is 0 Å². The average Bonchev–Trinajstić information content (AvgIpc) is 3.63. The first kappa shape index (κ1) is 85.0. The molecule has 4 N–H and O–H groups in total. The fourth-order valence-corrected chi connectivity index (χ4v) is 10.1. The lowest BCUT2D eigenvalue weighted by Gasteiger charge is -2.21. The summed E-state index contributed by atoms with van der Waals surface area (Å²) in [5, 5.41) is 20.5. The molecule has 0 radical (unpaired) electrons. The van der Waals surface area contributed by atoms with Crippen LogP contribution in [0.2, 0.25) is 0 Å². The molecule has 16 nitrogen and oxygen atoms in total. The Morgan fingerprint density at radius 2 is 0.596 bits per heavy atom. The summed E-state index contributed by atoms with van der Waals surface area (Å²) in [5.41, 5.74) is 0. The Morgan fingerprint density at radius 1 is 0.326 bits per heavy atom. The van der Waals surface area contributed by atoms with Crippen LogP contribution in [0.5, 0.6) is 0 Å². The number of rotatable bonds is 63. The maximum absolute atomic E-state index is 12.9. The minimum atomic E-state index is -4.93. The van der Waals surface area contributed by atoms with E-state index in [2.05, 4.69) is 142 Å². The Balaban J connectivity index is 4.72. The van der Waals surface area contributed by atoms with Gasteiger partial charge < -0.3 is 34.2 Å². The third-order valence-corrected chi connectivity index (χ3v) is 15.6. The second-order valence-electron chi connectivity index (χ2n) is 22.2. The van der Waals surface area contributed by atoms with E-state index in [1.54, 1.807) is 0 Å². The number of esters is 3. The van der Waals surface area contributed by atoms with E-state index in [0.717, 1.165) is 128 Å². The number of phosphoric ester groups is 2. The number of carbonyl (C=O) groups excluding carboxylic acids is 3. The van der Waals surface area contributed by atoms with Crippen molar-refractivity contribution in [2.24, 2.45) is 0 Å². The standard InChI is InChI=1S/C71H120O16P2/c1-4-7-10-13-16-19-22-25-28-30-31-32-33-35-38-39-42-45-48-51-54-57-69(74)81-60-66(72)61-83-88(77,78)84-62-67(73)63-85-89(79,80)86-65-68(87-71(76)59-56-53-50-47-44-41-36-27-24-21-18-15-12-9-6-3)64-82-70(75)58-55-52-49-46-43-40-37-34-29-26-23-20-17-14-11-8-5-2/h7-8,10-11,16-17,19-20,25-26,28-29,31-32,35,37-38,40,42,45,66-68,72-73H,4-6,9,12-15,18,21-24,27,30,33-34,36,39,41,43-44,46-65H2,1-3H3,(H,77,78)(H,79,80)/b10-7-,11-8-,19-16-,20-17-,28-25-,29-26-,32-31-,38-35-,40-37-,45-42-. The molecule has 0 aliphatic carbocycles. The highest BCUT2D eigenvalue weighted by molar-refractivity contribution is 7.47. The van der Waals surface area contributed by atoms with Crippen LogP contribution in [-0.2, 0) is 55.8 Å². The molecule has 0 aliphatic rings. The molecule has 0 amide bonds. The lowest BCUT2D eigenvalue weighted by molar-refractivity contribution is -0.161. The summed E-state index contributed by atoms with van der Waals surface area (Å²) < 4.78 is 60.8. The Kier molecular flexibility index (Phi) is 61.2. The molecule has 89 heavy (non-hydrogen) atoms. The van der Waals surface area contributed by atoms with Crippen LogP contribution < -0.4 is 0 Å². The number of carbonyl (C=O) groups is 3. The largest absolute Gasteiger partial charge is 0.472 e. The van der Waals surface area contributed by atoms with Gasteiger partial charge in [0.15, 0.2) is 6.10 Å². The van der Waals surface area contributed by atoms with Crippen molar-refractivity contribution in [1.82, 2.24) is 0 Å². The Bertz CT molecular complexity index is 2110. The highest BCUT2D eigenvalue weighted by Gasteiger charge is 2.29. The van der Waals surface area contributed by atoms with Gasteiger partial charge in [-0.2, -0.15) is 0 Å². The molecule has 0 spiro atoms. The van der Waals surface area contributed by atoms with Gasteiger partial charge in [-0.1, -0.05) is 245 Å². The fraction of sp³-hybridized carbons (Fsp3) is 0.676. The highest BCUT2D eigenvalue weighted by Crippen LogP contribution is 2.45. The maximum atomic E-state index is 12.9. The zero-order chi connectivity index (χ0) is 65.3. The van der Waals surface area contributed by atoms with E-state index in [1.807, 2.05) is 0 Å². The zero-order valence-electron chi connectivity index (χ0n) is 55.1. The van der Waals surface area contributed by atoms with Gasteiger partial charge in [-0.3, -0.25) is 32.5 Å². The normalized spacial score (nSPS) is 15.0. The molecule has 0 rings (SSSR count). The number of ether oxygens (including phenoxy) is 3. The van der Waals surface area contributed by atoms with E-state index in [1.165, 1.54) is 64.2 Å². The third kappa shape index (κ3) is 65.3. The van der Waals surface area contributed by atoms with Gasteiger partial charge in [-0.05, 0) is 109 Å². The fourth-order valence-electron chi connectivity index (χ4n) is 8.56. The molecular formula is C71H120O16P2. The van der Waals surface area contributed by atoms with E-state index < -0.39 is 91.5 Å². The molecular weight excluding hydrogens is 1170 g/mol. The lowest BCUT2D eigenvalue weighted by Crippen LogP contribution is -2.30. The summed E-state index contributed by atoms with van der Waals surface area (Å²) >= 11 is 0. The number of aliphatic hydroxyl groups is 2. The minimum Gasteiger partial charge on any atom is -0.463 e. The summed E-state index contributed by atoms with van der Waals surface area (Å²) in [6, 6.07) is 0. The molecule has 0 heterocycles. The first-order valence-corrected chi connectivity index (χ1v) is 36.8. The van der Waals surface area contributed by atoms with Gasteiger partial charge in [0.25, 0.3) is 0 Å². The van der Waals surface area contributed by atoms with Gasteiger partial charge in [0, 0.05) is 19.3 Å². The second-order valence-corrected chi connectivity index (χ2v) is 25.1. The van der Waals surface area contributed by atoms with Crippen molar-refractivity contribution in [2.45, 2.75) is 270 Å². The molecule has 0 saturated heterocycles. The minimum absolute atomic E-state index is 0.0985. The first-order valence-electron chi connectivity index (χ1n) is 33.8. The summed E-state index contributed by atoms with van der Waals surface area (Å²) in [4.78, 5) is 58.3. The van der Waals surface area contributed by atoms with E-state index in [-0.39, 0.29) is 19.3 Å². The van der Waals surface area contributed by atoms with Crippen molar-refractivity contribution < 1.29 is 75.8 Å². The van der Waals surface area contributed by atoms with E-state index in [9.17, 15) is 43.5 Å². The molecule has 18 heteroatoms. The summed E-state index contributed by atoms with van der Waals surface area (Å²) in [7, 11) is -9.80. The lowest BCUT2D eigenvalue weighted by atomic mass is 10.0. The van der Waals surface area contributed by atoms with Crippen molar-refractivity contribution in [3.05, 3.63) is 122 Å². The highest BCUT2D eigenvalue weighted by atomic mass is 31.2. The predicted molar refractivity (Wildman–Crippen MR) is 362 cm³/mol. The van der Waals surface area contributed by atoms with Gasteiger partial charge in [-0.25, -0.2) is 9.13 Å². The smallest absolute Gasteiger partial charge is 0.463 e. The first-order chi connectivity index (χ1) is 43.2. The maximum Gasteiger partial charge on any atom is 0.472 e. The number of hydrogen-bond donors (Lipinski definition) is 4. The Labute approximate surface area is 538 Å². The molecule has 0 bridgehead atoms. The molecule has 0 aliphatic heterocycles. The number of aliphatic hydroxyl groups excluding tert-OH is 2. The number of allylic oxidation sites excluding steroid dienone is 20. The van der Waals surface area contributed by atoms with E-state index in [4.69, 9.17) is 32.3 Å². The van der Waals surface area contributed by atoms with Gasteiger partial charge in [-0.15, -0.1) is 0 Å². The summed E-state index contributed by atoms with van der Waals surface area (Å²) in [5.74, 6) is -1.64. The topological polar surface area (TPSA) is 231 Å². The van der Waals surface area contributed by atoms with E-state index >= 15 is 0 Å². The Morgan fingerprint density at radius 3 is 0.966 bits per heavy atom. The van der Waals surface area contributed by atoms with Crippen LogP contribution in [0.4, 0.5) is 0 Å². The zero-order valence-corrected chi connectivity index (χ0v) is 56.8. The van der Waals surface area contributed by atoms with Gasteiger partial charge in [0.05, 0.1) is 26.4 Å². The third-order valence-electron chi connectivity index (χ3n) is 13.7. The molecule has 0 aromatic heterocycles. The van der Waals surface area contributed by atoms with Gasteiger partial charge in [0.1, 0.15) is 25.4 Å². The van der Waals surface area contributed by atoms with Crippen LogP contribution in [0, 0.1) is 0 Å². The summed E-state index contributed by atoms with van der Waals surface area (Å²) in [6.45, 7) is 2.36. The van der Waals surface area contributed by atoms with Crippen LogP contribution in [-0.4, -0.2) is 95.9 Å². The number of unbranched alkanes of at least 4 members (excludes halogenated alkanes) is 20. The Hall–Kier alpha value is -4.05. The summed E-state index contributed by atoms with van der Waals surface area (Å²) in [6.07, 6.45) is 72.5. The SMILES string of the molecule is CC/C=C\C/C=C\C/C=C\C/C=C\C/C=C\C/C=C\CCCCC(=O)OCC(O)COP(=O)(O)OCC(O)COP(=O)(O)OCC(COC(=O)CCCCCC/C=C\C/C=C\C/C=C\C/C=C\CC)OC(=O)CCCCCCCCCCCCCCCCC. The molecule has 0 fully saturated rings. The average molecular weight is 1290 g/mol. The monoisotopic (exact) mass is 1290 g/mol. The van der Waals surface area contributed by atoms with Crippen LogP contribution >= 0.6 is 15.6 Å². The number of phosphoric acid groups is 2. The second kappa shape index (κ2) is 64.1. The molecule has 0 aromatic rings. The molecule has 5 atom stereocenters. The molecule has 5 unspecified atom stereocenters. The van der Waals surface area contributed by atoms with Crippen LogP contribution in [0.1, 0.15) is 252 Å². The van der Waals surface area contributed by atoms with Gasteiger partial charge >= 0.3 is 33.6 Å². The molecule has 0 saturated carbocycles. The van der Waals surface area contributed by atoms with Crippen molar-refractivity contribution in [2.75, 3.05) is 39.6 Å². The molecule has 0 aromatic carbocycles. The van der Waals surface area contributed by atoms with Gasteiger partial charge in [0.2, 0.25) is 0 Å². The van der Waals surface area contributed by atoms with Crippen molar-refractivity contribution in [3.63, 3.8) is 0 Å². The van der Waals surface area contributed by atoms with Crippen molar-refractivity contribution in [3.8, 4) is 0 Å². The van der Waals surface area contributed by atoms with Crippen molar-refractivity contribution >= 4 is 33.6 Å².